The minimum Gasteiger partial charge on any atom is -0.493 e. The van der Waals surface area contributed by atoms with Gasteiger partial charge in [-0.25, -0.2) is 18.7 Å². The number of rotatable bonds is 8. The Hall–Kier alpha value is -4.48. The van der Waals surface area contributed by atoms with Crippen LogP contribution in [0.5, 0.6) is 5.75 Å². The minimum absolute atomic E-state index is 0.0208. The number of alkyl halides is 3. The summed E-state index contributed by atoms with van der Waals surface area (Å²) in [6, 6.07) is 10.6. The van der Waals surface area contributed by atoms with Gasteiger partial charge in [-0.2, -0.15) is 28.5 Å². The second kappa shape index (κ2) is 10.9. The van der Waals surface area contributed by atoms with Crippen molar-refractivity contribution in [2.24, 2.45) is 5.92 Å². The molecule has 3 heterocycles. The van der Waals surface area contributed by atoms with E-state index in [1.165, 1.54) is 41.2 Å². The van der Waals surface area contributed by atoms with E-state index < -0.39 is 23.4 Å². The summed E-state index contributed by atoms with van der Waals surface area (Å²) < 4.78 is 76.4. The molecule has 7 nitrogen and oxygen atoms in total. The van der Waals surface area contributed by atoms with Crippen LogP contribution in [0.2, 0.25) is 0 Å². The number of imidazole rings is 1. The number of benzene rings is 2. The van der Waals surface area contributed by atoms with E-state index in [-0.39, 0.29) is 40.9 Å². The molecule has 0 spiro atoms. The van der Waals surface area contributed by atoms with Crippen LogP contribution < -0.4 is 4.74 Å². The normalized spacial score (nSPS) is 12.6. The van der Waals surface area contributed by atoms with E-state index >= 15 is 0 Å². The van der Waals surface area contributed by atoms with Crippen molar-refractivity contribution < 1.29 is 26.7 Å². The van der Waals surface area contributed by atoms with Crippen LogP contribution in [-0.4, -0.2) is 36.6 Å². The molecule has 0 unspecified atom stereocenters. The van der Waals surface area contributed by atoms with E-state index in [9.17, 15) is 22.0 Å². The smallest absolute Gasteiger partial charge is 0.417 e. The third-order valence-electron chi connectivity index (χ3n) is 6.35. The first-order valence-corrected chi connectivity index (χ1v) is 12.4. The molecule has 3 aromatic rings. The predicted octanol–water partition coefficient (Wildman–Crippen LogP) is 6.67. The summed E-state index contributed by atoms with van der Waals surface area (Å²) in [5.74, 6) is -1.68. The molecule has 1 aromatic heterocycles. The third kappa shape index (κ3) is 5.75. The van der Waals surface area contributed by atoms with Crippen molar-refractivity contribution >= 4 is 0 Å². The van der Waals surface area contributed by atoms with Crippen molar-refractivity contribution in [2.75, 3.05) is 6.61 Å². The van der Waals surface area contributed by atoms with E-state index in [4.69, 9.17) is 4.74 Å². The SMILES string of the molecule is CC[C@H](C)COc1ccc(-c2ccc(Cn3cc4nc(-c5cccc(F)c5F)nc-4cn3)nn2)c(C(F)(F)F)c1. The van der Waals surface area contributed by atoms with Crippen LogP contribution >= 0.6 is 0 Å². The van der Waals surface area contributed by atoms with E-state index in [1.54, 1.807) is 12.3 Å². The van der Waals surface area contributed by atoms with Gasteiger partial charge in [0.05, 0.1) is 48.1 Å². The average Bonchev–Trinajstić information content (AvgIpc) is 3.36. The van der Waals surface area contributed by atoms with Crippen LogP contribution in [0.1, 0.15) is 31.5 Å². The van der Waals surface area contributed by atoms with Gasteiger partial charge in [0.25, 0.3) is 0 Å². The molecule has 0 radical (unpaired) electrons. The van der Waals surface area contributed by atoms with E-state index in [2.05, 4.69) is 25.3 Å². The summed E-state index contributed by atoms with van der Waals surface area (Å²) in [5, 5.41) is 12.3. The topological polar surface area (TPSA) is 78.6 Å². The van der Waals surface area contributed by atoms with Crippen molar-refractivity contribution in [1.82, 2.24) is 29.9 Å². The van der Waals surface area contributed by atoms with E-state index in [0.29, 0.717) is 23.7 Å². The summed E-state index contributed by atoms with van der Waals surface area (Å²) in [7, 11) is 0. The van der Waals surface area contributed by atoms with Gasteiger partial charge in [-0.3, -0.25) is 4.68 Å². The molecular formula is C28H23F5N6O. The van der Waals surface area contributed by atoms with Crippen LogP contribution in [-0.2, 0) is 12.7 Å². The monoisotopic (exact) mass is 554 g/mol. The molecule has 0 bridgehead atoms. The molecule has 0 amide bonds. The molecule has 5 rings (SSSR count). The van der Waals surface area contributed by atoms with Gasteiger partial charge in [-0.1, -0.05) is 26.3 Å². The zero-order chi connectivity index (χ0) is 28.4. The molecular weight excluding hydrogens is 531 g/mol. The molecule has 0 saturated carbocycles. The molecule has 2 aliphatic heterocycles. The van der Waals surface area contributed by atoms with Gasteiger partial charge in [0.2, 0.25) is 0 Å². The number of fused-ring (bicyclic) bond motifs is 1. The highest BCUT2D eigenvalue weighted by molar-refractivity contribution is 5.66. The zero-order valence-electron chi connectivity index (χ0n) is 21.5. The first-order chi connectivity index (χ1) is 19.1. The zero-order valence-corrected chi connectivity index (χ0v) is 21.5. The number of halogens is 5. The lowest BCUT2D eigenvalue weighted by molar-refractivity contribution is -0.137. The molecule has 40 heavy (non-hydrogen) atoms. The minimum atomic E-state index is -4.62. The summed E-state index contributed by atoms with van der Waals surface area (Å²) in [5.41, 5.74) is 0.214. The van der Waals surface area contributed by atoms with Gasteiger partial charge in [0.1, 0.15) is 17.1 Å². The Bertz CT molecular complexity index is 1600. The van der Waals surface area contributed by atoms with Gasteiger partial charge in [-0.15, -0.1) is 0 Å². The fourth-order valence-corrected chi connectivity index (χ4v) is 3.93. The van der Waals surface area contributed by atoms with Gasteiger partial charge >= 0.3 is 6.18 Å². The van der Waals surface area contributed by atoms with Gasteiger partial charge in [0.15, 0.2) is 17.5 Å². The lowest BCUT2D eigenvalue weighted by Gasteiger charge is -2.16. The Morgan fingerprint density at radius 2 is 1.73 bits per heavy atom. The first-order valence-electron chi connectivity index (χ1n) is 12.4. The van der Waals surface area contributed by atoms with Crippen LogP contribution in [0, 0.1) is 17.6 Å². The Morgan fingerprint density at radius 3 is 2.45 bits per heavy atom. The van der Waals surface area contributed by atoms with Gasteiger partial charge in [-0.05, 0) is 48.4 Å². The van der Waals surface area contributed by atoms with Crippen molar-refractivity contribution in [2.45, 2.75) is 33.0 Å². The summed E-state index contributed by atoms with van der Waals surface area (Å²) >= 11 is 0. The van der Waals surface area contributed by atoms with Crippen molar-refractivity contribution in [3.05, 3.63) is 83.8 Å². The number of ether oxygens (including phenoxy) is 1. The Kier molecular flexibility index (Phi) is 7.42. The fraction of sp³-hybridized carbons (Fsp3) is 0.250. The second-order valence-electron chi connectivity index (χ2n) is 9.33. The van der Waals surface area contributed by atoms with Crippen molar-refractivity contribution in [3.63, 3.8) is 0 Å². The van der Waals surface area contributed by atoms with E-state index in [1.807, 2.05) is 13.8 Å². The van der Waals surface area contributed by atoms with Crippen LogP contribution in [0.25, 0.3) is 34.0 Å². The molecule has 206 valence electrons. The summed E-state index contributed by atoms with van der Waals surface area (Å²) in [4.78, 5) is 8.49. The van der Waals surface area contributed by atoms with Gasteiger partial charge in [0, 0.05) is 5.56 Å². The van der Waals surface area contributed by atoms with Crippen molar-refractivity contribution in [3.8, 4) is 39.8 Å². The molecule has 2 aliphatic rings. The lowest BCUT2D eigenvalue weighted by Crippen LogP contribution is -2.11. The standard InChI is InChI=1S/C28H23F5N6O/c1-3-16(2)15-40-18-8-9-19(21(11-18)28(31,32)33)23-10-7-17(37-38-23)13-39-14-25-24(12-34-39)35-27(36-25)20-5-4-6-22(29)26(20)30/h4-12,14,16H,3,13,15H2,1-2H3/t16-/m0/s1. The molecule has 12 heteroatoms. The summed E-state index contributed by atoms with van der Waals surface area (Å²) in [6.45, 7) is 4.39. The highest BCUT2D eigenvalue weighted by Gasteiger charge is 2.34. The third-order valence-corrected chi connectivity index (χ3v) is 6.35. The quantitative estimate of drug-likeness (QED) is 0.199. The molecule has 0 aliphatic carbocycles. The number of hydrogen-bond donors (Lipinski definition) is 0. The maximum Gasteiger partial charge on any atom is 0.417 e. The maximum absolute atomic E-state index is 14.2. The van der Waals surface area contributed by atoms with Crippen molar-refractivity contribution in [1.29, 1.82) is 0 Å². The van der Waals surface area contributed by atoms with E-state index in [0.717, 1.165) is 18.6 Å². The lowest BCUT2D eigenvalue weighted by atomic mass is 10.0. The Labute approximate surface area is 226 Å². The predicted molar refractivity (Wildman–Crippen MR) is 136 cm³/mol. The Balaban J connectivity index is 1.36. The average molecular weight is 555 g/mol. The van der Waals surface area contributed by atoms with Crippen LogP contribution in [0.4, 0.5) is 22.0 Å². The van der Waals surface area contributed by atoms with Crippen LogP contribution in [0.3, 0.4) is 0 Å². The first kappa shape index (κ1) is 27.1. The molecule has 1 atom stereocenters. The second-order valence-corrected chi connectivity index (χ2v) is 9.33. The number of aromatic nitrogens is 6. The summed E-state index contributed by atoms with van der Waals surface area (Å²) in [6.07, 6.45) is -0.789. The highest BCUT2D eigenvalue weighted by Crippen LogP contribution is 2.38. The largest absolute Gasteiger partial charge is 0.493 e. The number of nitrogens with zero attached hydrogens (tertiary/aromatic N) is 6. The maximum atomic E-state index is 14.2. The molecule has 0 fully saturated rings. The molecule has 0 saturated heterocycles. The Morgan fingerprint density at radius 1 is 0.925 bits per heavy atom. The molecule has 0 N–H and O–H groups in total. The van der Waals surface area contributed by atoms with Gasteiger partial charge < -0.3 is 4.74 Å². The molecule has 2 aromatic carbocycles. The fourth-order valence-electron chi connectivity index (χ4n) is 3.93. The number of hydrogen-bond acceptors (Lipinski definition) is 6. The highest BCUT2D eigenvalue weighted by atomic mass is 19.4. The van der Waals surface area contributed by atoms with Crippen LogP contribution in [0.15, 0.2) is 60.9 Å².